The number of aromatic nitrogens is 2. The van der Waals surface area contributed by atoms with Crippen LogP contribution >= 0.6 is 11.3 Å². The number of hydrogen-bond acceptors (Lipinski definition) is 5. The van der Waals surface area contributed by atoms with Gasteiger partial charge in [0.15, 0.2) is 5.01 Å². The first-order valence-electron chi connectivity index (χ1n) is 5.32. The van der Waals surface area contributed by atoms with Gasteiger partial charge in [-0.1, -0.05) is 11.3 Å². The predicted molar refractivity (Wildman–Crippen MR) is 64.8 cm³/mol. The number of halogens is 2. The standard InChI is InChI=1S/C11H11F2N3OS/c1-2-14-11-16-15-10(18-11)6-17-9-4-7(12)3-8(13)5-9/h3-5H,2,6H2,1H3,(H,14,16). The van der Waals surface area contributed by atoms with Crippen molar-refractivity contribution in [3.05, 3.63) is 34.8 Å². The van der Waals surface area contributed by atoms with Crippen LogP contribution < -0.4 is 10.1 Å². The molecule has 0 atom stereocenters. The molecule has 18 heavy (non-hydrogen) atoms. The fourth-order valence-corrected chi connectivity index (χ4v) is 2.01. The van der Waals surface area contributed by atoms with Gasteiger partial charge in [-0.2, -0.15) is 0 Å². The Bertz CT molecular complexity index is 513. The molecule has 1 N–H and O–H groups in total. The molecule has 0 fully saturated rings. The molecule has 0 aliphatic heterocycles. The summed E-state index contributed by atoms with van der Waals surface area (Å²) in [6.07, 6.45) is 0. The van der Waals surface area contributed by atoms with E-state index in [1.165, 1.54) is 11.3 Å². The SMILES string of the molecule is CCNc1nnc(COc2cc(F)cc(F)c2)s1. The van der Waals surface area contributed by atoms with E-state index >= 15 is 0 Å². The molecule has 1 aromatic carbocycles. The summed E-state index contributed by atoms with van der Waals surface area (Å²) in [5, 5.41) is 12.1. The molecule has 0 amide bonds. The van der Waals surface area contributed by atoms with Crippen molar-refractivity contribution in [1.29, 1.82) is 0 Å². The molecular weight excluding hydrogens is 260 g/mol. The van der Waals surface area contributed by atoms with E-state index < -0.39 is 11.6 Å². The summed E-state index contributed by atoms with van der Waals surface area (Å²) in [5.41, 5.74) is 0. The molecule has 4 nitrogen and oxygen atoms in total. The molecule has 0 radical (unpaired) electrons. The highest BCUT2D eigenvalue weighted by Gasteiger charge is 2.06. The van der Waals surface area contributed by atoms with Gasteiger partial charge in [0.1, 0.15) is 24.0 Å². The molecular formula is C11H11F2N3OS. The number of hydrogen-bond donors (Lipinski definition) is 1. The lowest BCUT2D eigenvalue weighted by molar-refractivity contribution is 0.301. The van der Waals surface area contributed by atoms with Crippen LogP contribution in [0.4, 0.5) is 13.9 Å². The molecule has 2 rings (SSSR count). The lowest BCUT2D eigenvalue weighted by Gasteiger charge is -2.03. The third kappa shape index (κ3) is 3.36. The summed E-state index contributed by atoms with van der Waals surface area (Å²) >= 11 is 1.34. The van der Waals surface area contributed by atoms with Gasteiger partial charge in [0, 0.05) is 24.7 Å². The van der Waals surface area contributed by atoms with Gasteiger partial charge in [0.25, 0.3) is 0 Å². The average molecular weight is 271 g/mol. The van der Waals surface area contributed by atoms with Gasteiger partial charge in [-0.05, 0) is 6.92 Å². The maximum absolute atomic E-state index is 12.9. The minimum absolute atomic E-state index is 0.131. The molecule has 1 heterocycles. The molecule has 0 unspecified atom stereocenters. The quantitative estimate of drug-likeness (QED) is 0.908. The molecule has 0 bridgehead atoms. The highest BCUT2D eigenvalue weighted by atomic mass is 32.1. The van der Waals surface area contributed by atoms with E-state index in [9.17, 15) is 8.78 Å². The van der Waals surface area contributed by atoms with Crippen LogP contribution in [0, 0.1) is 11.6 Å². The molecule has 0 aliphatic rings. The van der Waals surface area contributed by atoms with Crippen LogP contribution in [0.25, 0.3) is 0 Å². The van der Waals surface area contributed by atoms with E-state index in [-0.39, 0.29) is 12.4 Å². The minimum Gasteiger partial charge on any atom is -0.486 e. The van der Waals surface area contributed by atoms with Gasteiger partial charge in [-0.25, -0.2) is 8.78 Å². The fraction of sp³-hybridized carbons (Fsp3) is 0.273. The van der Waals surface area contributed by atoms with Gasteiger partial charge in [0.05, 0.1) is 0 Å². The van der Waals surface area contributed by atoms with Crippen LogP contribution in [-0.4, -0.2) is 16.7 Å². The maximum Gasteiger partial charge on any atom is 0.205 e. The Balaban J connectivity index is 1.97. The largest absolute Gasteiger partial charge is 0.486 e. The van der Waals surface area contributed by atoms with Crippen LogP contribution in [0.5, 0.6) is 5.75 Å². The summed E-state index contributed by atoms with van der Waals surface area (Å²) in [7, 11) is 0. The van der Waals surface area contributed by atoms with Crippen molar-refractivity contribution in [1.82, 2.24) is 10.2 Å². The Kier molecular flexibility index (Phi) is 4.03. The highest BCUT2D eigenvalue weighted by molar-refractivity contribution is 7.15. The second-order valence-corrected chi connectivity index (χ2v) is 4.49. The van der Waals surface area contributed by atoms with Gasteiger partial charge in [0.2, 0.25) is 5.13 Å². The second-order valence-electron chi connectivity index (χ2n) is 3.43. The third-order valence-corrected chi connectivity index (χ3v) is 2.85. The molecule has 96 valence electrons. The molecule has 1 aromatic heterocycles. The Labute approximate surface area is 107 Å². The zero-order valence-electron chi connectivity index (χ0n) is 9.61. The highest BCUT2D eigenvalue weighted by Crippen LogP contribution is 2.19. The van der Waals surface area contributed by atoms with Crippen molar-refractivity contribution in [2.75, 3.05) is 11.9 Å². The summed E-state index contributed by atoms with van der Waals surface area (Å²) in [4.78, 5) is 0. The van der Waals surface area contributed by atoms with Crippen molar-refractivity contribution < 1.29 is 13.5 Å². The predicted octanol–water partition coefficient (Wildman–Crippen LogP) is 2.83. The molecule has 0 spiro atoms. The van der Waals surface area contributed by atoms with E-state index in [1.54, 1.807) is 0 Å². The average Bonchev–Trinajstić information content (AvgIpc) is 2.74. The maximum atomic E-state index is 12.9. The fourth-order valence-electron chi connectivity index (χ4n) is 1.29. The second kappa shape index (κ2) is 5.72. The topological polar surface area (TPSA) is 47.0 Å². The zero-order valence-corrected chi connectivity index (χ0v) is 10.4. The first kappa shape index (κ1) is 12.7. The first-order valence-corrected chi connectivity index (χ1v) is 6.14. The molecule has 7 heteroatoms. The Hall–Kier alpha value is -1.76. The number of anilines is 1. The van der Waals surface area contributed by atoms with Crippen LogP contribution in [0.15, 0.2) is 18.2 Å². The minimum atomic E-state index is -0.671. The van der Waals surface area contributed by atoms with Gasteiger partial charge >= 0.3 is 0 Å². The monoisotopic (exact) mass is 271 g/mol. The summed E-state index contributed by atoms with van der Waals surface area (Å²) in [5.74, 6) is -1.21. The van der Waals surface area contributed by atoms with Gasteiger partial charge in [-0.3, -0.25) is 0 Å². The number of nitrogens with zero attached hydrogens (tertiary/aromatic N) is 2. The number of ether oxygens (including phenoxy) is 1. The lowest BCUT2D eigenvalue weighted by atomic mass is 10.3. The van der Waals surface area contributed by atoms with E-state index in [4.69, 9.17) is 4.74 Å². The molecule has 0 saturated heterocycles. The number of rotatable bonds is 5. The van der Waals surface area contributed by atoms with Crippen LogP contribution in [0.3, 0.4) is 0 Å². The Morgan fingerprint density at radius 1 is 1.22 bits per heavy atom. The van der Waals surface area contributed by atoms with Gasteiger partial charge < -0.3 is 10.1 Å². The number of benzene rings is 1. The van der Waals surface area contributed by atoms with Crippen LogP contribution in [0.1, 0.15) is 11.9 Å². The Morgan fingerprint density at radius 2 is 1.94 bits per heavy atom. The van der Waals surface area contributed by atoms with E-state index in [2.05, 4.69) is 15.5 Å². The van der Waals surface area contributed by atoms with Crippen molar-refractivity contribution in [2.45, 2.75) is 13.5 Å². The van der Waals surface area contributed by atoms with Crippen LogP contribution in [0.2, 0.25) is 0 Å². The van der Waals surface area contributed by atoms with E-state index in [1.807, 2.05) is 6.92 Å². The Morgan fingerprint density at radius 3 is 2.61 bits per heavy atom. The summed E-state index contributed by atoms with van der Waals surface area (Å²) in [6.45, 7) is 2.84. The number of nitrogens with one attached hydrogen (secondary N) is 1. The van der Waals surface area contributed by atoms with Gasteiger partial charge in [-0.15, -0.1) is 10.2 Å². The third-order valence-electron chi connectivity index (χ3n) is 1.99. The van der Waals surface area contributed by atoms with Crippen molar-refractivity contribution in [2.24, 2.45) is 0 Å². The van der Waals surface area contributed by atoms with Crippen molar-refractivity contribution >= 4 is 16.5 Å². The first-order chi connectivity index (χ1) is 8.67. The van der Waals surface area contributed by atoms with Crippen molar-refractivity contribution in [3.63, 3.8) is 0 Å². The normalized spacial score (nSPS) is 10.4. The zero-order chi connectivity index (χ0) is 13.0. The lowest BCUT2D eigenvalue weighted by Crippen LogP contribution is -1.96. The van der Waals surface area contributed by atoms with E-state index in [0.29, 0.717) is 10.1 Å². The van der Waals surface area contributed by atoms with Crippen LogP contribution in [-0.2, 0) is 6.61 Å². The molecule has 0 aliphatic carbocycles. The smallest absolute Gasteiger partial charge is 0.205 e. The molecule has 0 saturated carbocycles. The molecule has 2 aromatic rings. The summed E-state index contributed by atoms with van der Waals surface area (Å²) in [6, 6.07) is 3.03. The van der Waals surface area contributed by atoms with E-state index in [0.717, 1.165) is 24.7 Å². The summed E-state index contributed by atoms with van der Waals surface area (Å²) < 4.78 is 31.1. The van der Waals surface area contributed by atoms with Crippen molar-refractivity contribution in [3.8, 4) is 5.75 Å².